The first-order valence-electron chi connectivity index (χ1n) is 5.74. The predicted molar refractivity (Wildman–Crippen MR) is 65.0 cm³/mol. The molecule has 0 unspecified atom stereocenters. The number of oxazole rings is 1. The van der Waals surface area contributed by atoms with E-state index in [-0.39, 0.29) is 11.9 Å². The van der Waals surface area contributed by atoms with E-state index in [9.17, 15) is 4.39 Å². The molecule has 0 aliphatic heterocycles. The molecule has 2 rings (SSSR count). The largest absolute Gasteiger partial charge is 0.417 e. The Morgan fingerprint density at radius 3 is 2.72 bits per heavy atom. The minimum absolute atomic E-state index is 0.155. The Labute approximate surface area is 105 Å². The molecule has 0 fully saturated rings. The molecule has 0 saturated heterocycles. The van der Waals surface area contributed by atoms with Gasteiger partial charge in [-0.3, -0.25) is 0 Å². The lowest BCUT2D eigenvalue weighted by Gasteiger charge is -2.04. The Bertz CT molecular complexity index is 494. The van der Waals surface area contributed by atoms with Crippen molar-refractivity contribution in [3.8, 4) is 11.8 Å². The summed E-state index contributed by atoms with van der Waals surface area (Å²) < 4.78 is 23.2. The topological polar surface area (TPSA) is 47.3 Å². The SMILES string of the molecule is CC(C)NCc1coc(Oc2ccc(F)cc2)n1. The molecule has 0 spiro atoms. The second-order valence-electron chi connectivity index (χ2n) is 4.20. The van der Waals surface area contributed by atoms with Crippen LogP contribution in [0.3, 0.4) is 0 Å². The van der Waals surface area contributed by atoms with Gasteiger partial charge in [-0.05, 0) is 24.3 Å². The van der Waals surface area contributed by atoms with Gasteiger partial charge in [0.2, 0.25) is 0 Å². The molecule has 1 heterocycles. The Balaban J connectivity index is 1.95. The molecule has 1 aromatic carbocycles. The highest BCUT2D eigenvalue weighted by Gasteiger charge is 2.06. The fourth-order valence-electron chi connectivity index (χ4n) is 1.33. The van der Waals surface area contributed by atoms with Gasteiger partial charge in [-0.15, -0.1) is 0 Å². The minimum atomic E-state index is -0.309. The van der Waals surface area contributed by atoms with E-state index in [0.29, 0.717) is 18.3 Å². The summed E-state index contributed by atoms with van der Waals surface area (Å²) in [7, 11) is 0. The summed E-state index contributed by atoms with van der Waals surface area (Å²) in [6, 6.07) is 6.05. The van der Waals surface area contributed by atoms with E-state index >= 15 is 0 Å². The summed E-state index contributed by atoms with van der Waals surface area (Å²) in [6.07, 6.45) is 1.69. The van der Waals surface area contributed by atoms with Crippen molar-refractivity contribution in [2.75, 3.05) is 0 Å². The van der Waals surface area contributed by atoms with Crippen molar-refractivity contribution < 1.29 is 13.5 Å². The van der Waals surface area contributed by atoms with Crippen LogP contribution in [0.1, 0.15) is 19.5 Å². The van der Waals surface area contributed by atoms with Crippen molar-refractivity contribution in [3.63, 3.8) is 0 Å². The van der Waals surface area contributed by atoms with Crippen LogP contribution in [-0.2, 0) is 6.54 Å². The van der Waals surface area contributed by atoms with E-state index in [2.05, 4.69) is 24.1 Å². The Morgan fingerprint density at radius 2 is 2.06 bits per heavy atom. The first-order chi connectivity index (χ1) is 8.63. The number of hydrogen-bond donors (Lipinski definition) is 1. The standard InChI is InChI=1S/C13H15FN2O2/c1-9(2)15-7-11-8-17-13(16-11)18-12-5-3-10(14)4-6-12/h3-6,8-9,15H,7H2,1-2H3. The normalized spacial score (nSPS) is 10.9. The molecule has 0 aliphatic carbocycles. The average Bonchev–Trinajstić information content (AvgIpc) is 2.77. The summed E-state index contributed by atoms with van der Waals surface area (Å²) in [5, 5.41) is 3.22. The molecule has 0 atom stereocenters. The molecule has 1 N–H and O–H groups in total. The smallest absolute Gasteiger partial charge is 0.399 e. The lowest BCUT2D eigenvalue weighted by molar-refractivity contribution is 0.330. The fraction of sp³-hybridized carbons (Fsp3) is 0.308. The number of ether oxygens (including phenoxy) is 1. The van der Waals surface area contributed by atoms with Gasteiger partial charge in [-0.2, -0.15) is 4.98 Å². The van der Waals surface area contributed by atoms with Crippen LogP contribution in [0.5, 0.6) is 11.8 Å². The summed E-state index contributed by atoms with van der Waals surface area (Å²) in [5.41, 5.74) is 0.765. The van der Waals surface area contributed by atoms with Gasteiger partial charge in [0, 0.05) is 12.6 Å². The van der Waals surface area contributed by atoms with Crippen molar-refractivity contribution in [3.05, 3.63) is 42.0 Å². The van der Waals surface area contributed by atoms with E-state index < -0.39 is 0 Å². The molecule has 0 bridgehead atoms. The minimum Gasteiger partial charge on any atom is -0.417 e. The van der Waals surface area contributed by atoms with E-state index in [1.807, 2.05) is 0 Å². The number of rotatable bonds is 5. The lowest BCUT2D eigenvalue weighted by atomic mass is 10.3. The zero-order valence-corrected chi connectivity index (χ0v) is 10.3. The van der Waals surface area contributed by atoms with Crippen LogP contribution in [0, 0.1) is 5.82 Å². The summed E-state index contributed by atoms with van der Waals surface area (Å²) in [4.78, 5) is 4.15. The van der Waals surface area contributed by atoms with Crippen LogP contribution in [-0.4, -0.2) is 11.0 Å². The van der Waals surface area contributed by atoms with E-state index in [1.165, 1.54) is 30.5 Å². The van der Waals surface area contributed by atoms with Crippen molar-refractivity contribution in [1.82, 2.24) is 10.3 Å². The predicted octanol–water partition coefficient (Wildman–Crippen LogP) is 3.10. The van der Waals surface area contributed by atoms with Crippen LogP contribution >= 0.6 is 0 Å². The Kier molecular flexibility index (Phi) is 3.94. The lowest BCUT2D eigenvalue weighted by Crippen LogP contribution is -2.21. The molecule has 5 heteroatoms. The second-order valence-corrected chi connectivity index (χ2v) is 4.20. The maximum Gasteiger partial charge on any atom is 0.399 e. The van der Waals surface area contributed by atoms with Gasteiger partial charge in [0.1, 0.15) is 17.8 Å². The van der Waals surface area contributed by atoms with Crippen LogP contribution in [0.15, 0.2) is 34.9 Å². The molecular formula is C13H15FN2O2. The van der Waals surface area contributed by atoms with E-state index in [1.54, 1.807) is 0 Å². The zero-order valence-electron chi connectivity index (χ0n) is 10.3. The first kappa shape index (κ1) is 12.6. The molecule has 18 heavy (non-hydrogen) atoms. The molecule has 0 saturated carbocycles. The van der Waals surface area contributed by atoms with Crippen molar-refractivity contribution >= 4 is 0 Å². The number of nitrogens with one attached hydrogen (secondary N) is 1. The Hall–Kier alpha value is -1.88. The monoisotopic (exact) mass is 250 g/mol. The zero-order chi connectivity index (χ0) is 13.0. The van der Waals surface area contributed by atoms with Crippen LogP contribution in [0.2, 0.25) is 0 Å². The maximum atomic E-state index is 12.7. The number of benzene rings is 1. The van der Waals surface area contributed by atoms with Crippen LogP contribution < -0.4 is 10.1 Å². The first-order valence-corrected chi connectivity index (χ1v) is 5.74. The Morgan fingerprint density at radius 1 is 1.33 bits per heavy atom. The van der Waals surface area contributed by atoms with Crippen molar-refractivity contribution in [2.45, 2.75) is 26.4 Å². The highest BCUT2D eigenvalue weighted by atomic mass is 19.1. The molecule has 2 aromatic rings. The third-order valence-corrected chi connectivity index (χ3v) is 2.24. The molecule has 0 aliphatic rings. The van der Waals surface area contributed by atoms with Crippen LogP contribution in [0.25, 0.3) is 0 Å². The van der Waals surface area contributed by atoms with Gasteiger partial charge in [0.15, 0.2) is 0 Å². The van der Waals surface area contributed by atoms with Gasteiger partial charge in [0.05, 0.1) is 5.69 Å². The molecule has 0 amide bonds. The number of aromatic nitrogens is 1. The average molecular weight is 250 g/mol. The second kappa shape index (κ2) is 5.64. The van der Waals surface area contributed by atoms with Gasteiger partial charge in [0.25, 0.3) is 0 Å². The third-order valence-electron chi connectivity index (χ3n) is 2.24. The molecule has 0 radical (unpaired) electrons. The highest BCUT2D eigenvalue weighted by Crippen LogP contribution is 2.20. The van der Waals surface area contributed by atoms with E-state index in [0.717, 1.165) is 5.69 Å². The summed E-state index contributed by atoms with van der Waals surface area (Å²) in [6.45, 7) is 4.72. The van der Waals surface area contributed by atoms with Crippen molar-refractivity contribution in [1.29, 1.82) is 0 Å². The molecule has 96 valence electrons. The number of halogens is 1. The molecule has 4 nitrogen and oxygen atoms in total. The summed E-state index contributed by atoms with van der Waals surface area (Å²) >= 11 is 0. The van der Waals surface area contributed by atoms with Crippen molar-refractivity contribution in [2.24, 2.45) is 0 Å². The van der Waals surface area contributed by atoms with Gasteiger partial charge < -0.3 is 14.5 Å². The highest BCUT2D eigenvalue weighted by molar-refractivity contribution is 5.24. The quantitative estimate of drug-likeness (QED) is 0.885. The van der Waals surface area contributed by atoms with Gasteiger partial charge in [-0.25, -0.2) is 4.39 Å². The molecule has 1 aromatic heterocycles. The van der Waals surface area contributed by atoms with Gasteiger partial charge in [-0.1, -0.05) is 13.8 Å². The number of hydrogen-bond acceptors (Lipinski definition) is 4. The van der Waals surface area contributed by atoms with Crippen LogP contribution in [0.4, 0.5) is 4.39 Å². The van der Waals surface area contributed by atoms with E-state index in [4.69, 9.17) is 9.15 Å². The number of nitrogens with zero attached hydrogens (tertiary/aromatic N) is 1. The fourth-order valence-corrected chi connectivity index (χ4v) is 1.33. The molecular weight excluding hydrogens is 235 g/mol. The summed E-state index contributed by atoms with van der Waals surface area (Å²) in [5.74, 6) is 0.179. The third kappa shape index (κ3) is 3.56. The maximum absolute atomic E-state index is 12.7. The van der Waals surface area contributed by atoms with Gasteiger partial charge >= 0.3 is 6.08 Å².